The van der Waals surface area contributed by atoms with Gasteiger partial charge in [-0.05, 0) is 19.1 Å². The van der Waals surface area contributed by atoms with E-state index in [1.165, 1.54) is 20.3 Å². The van der Waals surface area contributed by atoms with Crippen LogP contribution in [0.3, 0.4) is 0 Å². The number of ketones is 1. The minimum Gasteiger partial charge on any atom is -0.496 e. The molecule has 1 aromatic rings. The molecule has 128 valence electrons. The molecule has 1 aliphatic carbocycles. The summed E-state index contributed by atoms with van der Waals surface area (Å²) in [5.74, 6) is -1.86. The Morgan fingerprint density at radius 2 is 1.79 bits per heavy atom. The maximum absolute atomic E-state index is 12.7. The molecule has 7 nitrogen and oxygen atoms in total. The summed E-state index contributed by atoms with van der Waals surface area (Å²) >= 11 is 0. The van der Waals surface area contributed by atoms with Crippen LogP contribution in [0.25, 0.3) is 0 Å². The molecule has 1 fully saturated rings. The monoisotopic (exact) mass is 334 g/mol. The first kappa shape index (κ1) is 16.5. The second kappa shape index (κ2) is 6.26. The Balaban J connectivity index is 2.28. The molecule has 7 heteroatoms. The Morgan fingerprint density at radius 1 is 1.17 bits per heavy atom. The van der Waals surface area contributed by atoms with Crippen LogP contribution in [-0.2, 0) is 24.8 Å². The van der Waals surface area contributed by atoms with Crippen LogP contribution in [0.2, 0.25) is 0 Å². The molecule has 0 radical (unpaired) electrons. The lowest BCUT2D eigenvalue weighted by Crippen LogP contribution is -2.39. The Hall–Kier alpha value is -2.38. The van der Waals surface area contributed by atoms with E-state index in [1.807, 2.05) is 0 Å². The van der Waals surface area contributed by atoms with Crippen LogP contribution in [0.5, 0.6) is 11.5 Å². The van der Waals surface area contributed by atoms with Crippen molar-refractivity contribution < 1.29 is 33.3 Å². The minimum atomic E-state index is -1.53. The van der Waals surface area contributed by atoms with Crippen LogP contribution in [0.15, 0.2) is 23.8 Å². The summed E-state index contributed by atoms with van der Waals surface area (Å²) < 4.78 is 27.4. The number of ether oxygens (including phenoxy) is 5. The normalized spacial score (nSPS) is 18.1. The van der Waals surface area contributed by atoms with Crippen LogP contribution in [0.4, 0.5) is 0 Å². The fraction of sp³-hybridized carbons (Fsp3) is 0.412. The third-order valence-corrected chi connectivity index (χ3v) is 3.96. The van der Waals surface area contributed by atoms with Crippen molar-refractivity contribution in [1.29, 1.82) is 0 Å². The highest BCUT2D eigenvalue weighted by Crippen LogP contribution is 2.49. The largest absolute Gasteiger partial charge is 0.496 e. The van der Waals surface area contributed by atoms with Crippen LogP contribution in [0, 0.1) is 0 Å². The van der Waals surface area contributed by atoms with Crippen molar-refractivity contribution in [3.63, 3.8) is 0 Å². The van der Waals surface area contributed by atoms with E-state index in [2.05, 4.69) is 0 Å². The molecule has 3 rings (SSSR count). The quantitative estimate of drug-likeness (QED) is 0.774. The number of methoxy groups -OCH3 is 2. The van der Waals surface area contributed by atoms with Crippen LogP contribution >= 0.6 is 0 Å². The second-order valence-corrected chi connectivity index (χ2v) is 5.18. The van der Waals surface area contributed by atoms with Gasteiger partial charge in [-0.2, -0.15) is 0 Å². The van der Waals surface area contributed by atoms with Crippen molar-refractivity contribution in [2.45, 2.75) is 12.7 Å². The Kier molecular flexibility index (Phi) is 4.29. The predicted molar refractivity (Wildman–Crippen MR) is 82.2 cm³/mol. The molecule has 24 heavy (non-hydrogen) atoms. The van der Waals surface area contributed by atoms with Gasteiger partial charge in [0.05, 0.1) is 45.2 Å². The first-order valence-corrected chi connectivity index (χ1v) is 7.56. The maximum atomic E-state index is 12.7. The predicted octanol–water partition coefficient (Wildman–Crippen LogP) is 1.59. The van der Waals surface area contributed by atoms with Gasteiger partial charge in [-0.3, -0.25) is 4.79 Å². The highest BCUT2D eigenvalue weighted by molar-refractivity contribution is 6.14. The van der Waals surface area contributed by atoms with Gasteiger partial charge in [-0.1, -0.05) is 0 Å². The molecular weight excluding hydrogens is 316 g/mol. The standard InChI is InChI=1S/C17H18O7/c1-4-22-16(19)10-9-11(18)14-12(20-2)5-6-13(21-3)15(14)17(10)23-7-8-24-17/h5-6,9H,4,7-8H2,1-3H3. The first-order chi connectivity index (χ1) is 11.6. The van der Waals surface area contributed by atoms with Gasteiger partial charge in [0.15, 0.2) is 5.78 Å². The lowest BCUT2D eigenvalue weighted by Gasteiger charge is -2.34. The summed E-state index contributed by atoms with van der Waals surface area (Å²) in [5, 5.41) is 0. The molecule has 1 saturated heterocycles. The van der Waals surface area contributed by atoms with Gasteiger partial charge in [-0.25, -0.2) is 4.79 Å². The third-order valence-electron chi connectivity index (χ3n) is 3.96. The average molecular weight is 334 g/mol. The van der Waals surface area contributed by atoms with Gasteiger partial charge >= 0.3 is 5.97 Å². The van der Waals surface area contributed by atoms with Gasteiger partial charge in [0.2, 0.25) is 5.79 Å². The number of carbonyl (C=O) groups is 2. The van der Waals surface area contributed by atoms with E-state index in [4.69, 9.17) is 23.7 Å². The smallest absolute Gasteiger partial charge is 0.340 e. The number of carbonyl (C=O) groups excluding carboxylic acids is 2. The molecule has 0 bridgehead atoms. The maximum Gasteiger partial charge on any atom is 0.340 e. The van der Waals surface area contributed by atoms with E-state index >= 15 is 0 Å². The van der Waals surface area contributed by atoms with E-state index < -0.39 is 17.5 Å². The zero-order valence-corrected chi connectivity index (χ0v) is 13.7. The van der Waals surface area contributed by atoms with Gasteiger partial charge in [-0.15, -0.1) is 0 Å². The number of hydrogen-bond acceptors (Lipinski definition) is 7. The van der Waals surface area contributed by atoms with Crippen LogP contribution in [0.1, 0.15) is 22.8 Å². The van der Waals surface area contributed by atoms with E-state index in [0.29, 0.717) is 17.1 Å². The van der Waals surface area contributed by atoms with E-state index in [9.17, 15) is 9.59 Å². The van der Waals surface area contributed by atoms with Crippen molar-refractivity contribution in [1.82, 2.24) is 0 Å². The van der Waals surface area contributed by atoms with E-state index in [-0.39, 0.29) is 31.0 Å². The number of allylic oxidation sites excluding steroid dienone is 1. The summed E-state index contributed by atoms with van der Waals surface area (Å²) in [5.41, 5.74) is 0.593. The zero-order valence-electron chi connectivity index (χ0n) is 13.7. The summed E-state index contributed by atoms with van der Waals surface area (Å²) in [6.07, 6.45) is 1.19. The van der Waals surface area contributed by atoms with Crippen molar-refractivity contribution in [3.05, 3.63) is 34.9 Å². The summed E-state index contributed by atoms with van der Waals surface area (Å²) in [7, 11) is 2.93. The molecule has 0 unspecified atom stereocenters. The van der Waals surface area contributed by atoms with Gasteiger partial charge < -0.3 is 23.7 Å². The number of esters is 1. The topological polar surface area (TPSA) is 80.3 Å². The van der Waals surface area contributed by atoms with Crippen molar-refractivity contribution in [2.24, 2.45) is 0 Å². The summed E-state index contributed by atoms with van der Waals surface area (Å²) in [4.78, 5) is 25.1. The molecule has 0 amide bonds. The van der Waals surface area contributed by atoms with Crippen LogP contribution < -0.4 is 9.47 Å². The lowest BCUT2D eigenvalue weighted by molar-refractivity contribution is -0.161. The average Bonchev–Trinajstić information content (AvgIpc) is 3.07. The molecule has 1 aromatic carbocycles. The fourth-order valence-electron chi connectivity index (χ4n) is 3.02. The zero-order chi connectivity index (χ0) is 17.3. The third kappa shape index (κ3) is 2.28. The Labute approximate surface area is 139 Å². The van der Waals surface area contributed by atoms with Gasteiger partial charge in [0.25, 0.3) is 0 Å². The molecule has 0 saturated carbocycles. The Bertz CT molecular complexity index is 714. The van der Waals surface area contributed by atoms with Gasteiger partial charge in [0, 0.05) is 6.08 Å². The number of hydrogen-bond donors (Lipinski definition) is 0. The van der Waals surface area contributed by atoms with Crippen molar-refractivity contribution in [3.8, 4) is 11.5 Å². The summed E-state index contributed by atoms with van der Waals surface area (Å²) in [6.45, 7) is 2.39. The molecule has 1 aliphatic heterocycles. The molecule has 0 aromatic heterocycles. The fourth-order valence-corrected chi connectivity index (χ4v) is 3.02. The molecule has 0 N–H and O–H groups in total. The number of benzene rings is 1. The molecular formula is C17H18O7. The van der Waals surface area contributed by atoms with E-state index in [1.54, 1.807) is 19.1 Å². The van der Waals surface area contributed by atoms with Crippen LogP contribution in [-0.4, -0.2) is 45.8 Å². The van der Waals surface area contributed by atoms with Gasteiger partial charge in [0.1, 0.15) is 17.1 Å². The Morgan fingerprint density at radius 3 is 2.38 bits per heavy atom. The molecule has 0 atom stereocenters. The highest BCUT2D eigenvalue weighted by Gasteiger charge is 2.53. The first-order valence-electron chi connectivity index (χ1n) is 7.56. The highest BCUT2D eigenvalue weighted by atomic mass is 16.7. The SMILES string of the molecule is CCOC(=O)C1=CC(=O)c2c(OC)ccc(OC)c2C12OCCO2. The second-order valence-electron chi connectivity index (χ2n) is 5.18. The van der Waals surface area contributed by atoms with Crippen molar-refractivity contribution >= 4 is 11.8 Å². The number of rotatable bonds is 4. The molecule has 1 heterocycles. The minimum absolute atomic E-state index is 0.00547. The lowest BCUT2D eigenvalue weighted by atomic mass is 9.83. The molecule has 2 aliphatic rings. The summed E-state index contributed by atoms with van der Waals surface area (Å²) in [6, 6.07) is 3.27. The molecule has 1 spiro atoms. The van der Waals surface area contributed by atoms with E-state index in [0.717, 1.165) is 0 Å². The van der Waals surface area contributed by atoms with Crippen molar-refractivity contribution in [2.75, 3.05) is 34.0 Å². The number of fused-ring (bicyclic) bond motifs is 2.